The Hall–Kier alpha value is -0.640. The minimum absolute atomic E-state index is 0.586. The van der Waals surface area contributed by atoms with E-state index in [9.17, 15) is 0 Å². The lowest BCUT2D eigenvalue weighted by molar-refractivity contribution is 0.363. The Bertz CT molecular complexity index is 567. The van der Waals surface area contributed by atoms with Gasteiger partial charge in [0.05, 0.1) is 3.79 Å². The maximum atomic E-state index is 3.80. The van der Waals surface area contributed by atoms with Crippen LogP contribution in [0.25, 0.3) is 0 Å². The summed E-state index contributed by atoms with van der Waals surface area (Å²) in [7, 11) is 0. The minimum atomic E-state index is 0.586. The smallest absolute Gasteiger partial charge is 0.0701 e. The maximum Gasteiger partial charge on any atom is 0.0701 e. The lowest BCUT2D eigenvalue weighted by atomic mass is 9.93. The molecule has 1 aromatic carbocycles. The molecule has 0 amide bonds. The second kappa shape index (κ2) is 7.08. The SMILES string of the molecule is CCCNC(Cc1ccc(Br)s1)C1Cc2ccccc2C1. The number of benzene rings is 1. The predicted octanol–water partition coefficient (Wildman–Crippen LogP) is 4.84. The van der Waals surface area contributed by atoms with Crippen LogP contribution < -0.4 is 5.32 Å². The number of thiophene rings is 1. The fraction of sp³-hybridized carbons (Fsp3) is 0.444. The molecule has 1 aliphatic carbocycles. The average molecular weight is 364 g/mol. The Labute approximate surface area is 139 Å². The second-order valence-corrected chi connectivity index (χ2v) is 8.46. The third kappa shape index (κ3) is 3.77. The highest BCUT2D eigenvalue weighted by Gasteiger charge is 2.28. The molecule has 1 aliphatic rings. The zero-order chi connectivity index (χ0) is 14.7. The van der Waals surface area contributed by atoms with Gasteiger partial charge in [0.2, 0.25) is 0 Å². The standard InChI is InChI=1S/C18H22BrNS/c1-2-9-20-17(12-16-7-8-18(19)21-16)15-10-13-5-3-4-6-14(13)11-15/h3-8,15,17,20H,2,9-12H2,1H3. The molecule has 0 saturated heterocycles. The van der Waals surface area contributed by atoms with E-state index in [0.29, 0.717) is 6.04 Å². The van der Waals surface area contributed by atoms with Gasteiger partial charge in [-0.05, 0) is 77.3 Å². The molecule has 3 heteroatoms. The van der Waals surface area contributed by atoms with Gasteiger partial charge in [0, 0.05) is 10.9 Å². The highest BCUT2D eigenvalue weighted by molar-refractivity contribution is 9.11. The third-order valence-corrected chi connectivity index (χ3v) is 6.00. The molecule has 1 N–H and O–H groups in total. The molecule has 0 spiro atoms. The highest BCUT2D eigenvalue weighted by Crippen LogP contribution is 2.31. The van der Waals surface area contributed by atoms with Crippen LogP contribution in [0.2, 0.25) is 0 Å². The van der Waals surface area contributed by atoms with Crippen molar-refractivity contribution in [3.05, 3.63) is 56.2 Å². The summed E-state index contributed by atoms with van der Waals surface area (Å²) >= 11 is 5.45. The van der Waals surface area contributed by atoms with E-state index in [1.54, 1.807) is 11.1 Å². The molecule has 0 fully saturated rings. The van der Waals surface area contributed by atoms with Crippen LogP contribution >= 0.6 is 27.3 Å². The average Bonchev–Trinajstić information content (AvgIpc) is 3.09. The van der Waals surface area contributed by atoms with Crippen molar-refractivity contribution in [2.24, 2.45) is 5.92 Å². The zero-order valence-electron chi connectivity index (χ0n) is 12.4. The normalized spacial score (nSPS) is 16.1. The number of nitrogens with one attached hydrogen (secondary N) is 1. The maximum absolute atomic E-state index is 3.80. The fourth-order valence-electron chi connectivity index (χ4n) is 3.29. The first-order chi connectivity index (χ1) is 10.3. The van der Waals surface area contributed by atoms with Crippen LogP contribution in [0.15, 0.2) is 40.2 Å². The van der Waals surface area contributed by atoms with Crippen molar-refractivity contribution in [2.45, 2.75) is 38.6 Å². The summed E-state index contributed by atoms with van der Waals surface area (Å²) in [6.45, 7) is 3.36. The Balaban J connectivity index is 1.71. The first-order valence-corrected chi connectivity index (χ1v) is 9.41. The van der Waals surface area contributed by atoms with Crippen molar-refractivity contribution >= 4 is 27.3 Å². The molecule has 112 valence electrons. The molecule has 0 saturated carbocycles. The molecule has 1 unspecified atom stereocenters. The highest BCUT2D eigenvalue weighted by atomic mass is 79.9. The minimum Gasteiger partial charge on any atom is -0.313 e. The Morgan fingerprint density at radius 3 is 2.48 bits per heavy atom. The van der Waals surface area contributed by atoms with Crippen molar-refractivity contribution in [2.75, 3.05) is 6.54 Å². The molecule has 0 radical (unpaired) electrons. The van der Waals surface area contributed by atoms with Gasteiger partial charge in [-0.3, -0.25) is 0 Å². The van der Waals surface area contributed by atoms with E-state index in [4.69, 9.17) is 0 Å². The number of rotatable bonds is 6. The quantitative estimate of drug-likeness (QED) is 0.774. The largest absolute Gasteiger partial charge is 0.313 e. The molecule has 1 heterocycles. The van der Waals surface area contributed by atoms with Gasteiger partial charge in [-0.1, -0.05) is 31.2 Å². The summed E-state index contributed by atoms with van der Waals surface area (Å²) < 4.78 is 1.24. The molecule has 1 aromatic heterocycles. The van der Waals surface area contributed by atoms with Gasteiger partial charge in [-0.25, -0.2) is 0 Å². The van der Waals surface area contributed by atoms with Crippen LogP contribution in [0, 0.1) is 5.92 Å². The van der Waals surface area contributed by atoms with Gasteiger partial charge in [0.15, 0.2) is 0 Å². The summed E-state index contributed by atoms with van der Waals surface area (Å²) in [6.07, 6.45) is 4.80. The molecule has 0 aliphatic heterocycles. The van der Waals surface area contributed by atoms with Crippen LogP contribution in [0.5, 0.6) is 0 Å². The topological polar surface area (TPSA) is 12.0 Å². The Morgan fingerprint density at radius 1 is 1.19 bits per heavy atom. The predicted molar refractivity (Wildman–Crippen MR) is 95.1 cm³/mol. The fourth-order valence-corrected chi connectivity index (χ4v) is 4.83. The van der Waals surface area contributed by atoms with Crippen LogP contribution in [-0.4, -0.2) is 12.6 Å². The van der Waals surface area contributed by atoms with Gasteiger partial charge in [-0.2, -0.15) is 0 Å². The zero-order valence-corrected chi connectivity index (χ0v) is 14.8. The van der Waals surface area contributed by atoms with Gasteiger partial charge in [-0.15, -0.1) is 11.3 Å². The summed E-state index contributed by atoms with van der Waals surface area (Å²) in [6, 6.07) is 14.0. The molecule has 21 heavy (non-hydrogen) atoms. The number of hydrogen-bond donors (Lipinski definition) is 1. The van der Waals surface area contributed by atoms with Crippen LogP contribution in [0.4, 0.5) is 0 Å². The van der Waals surface area contributed by atoms with E-state index in [2.05, 4.69) is 64.6 Å². The first kappa shape index (κ1) is 15.3. The van der Waals surface area contributed by atoms with Gasteiger partial charge < -0.3 is 5.32 Å². The van der Waals surface area contributed by atoms with E-state index in [-0.39, 0.29) is 0 Å². The summed E-state index contributed by atoms with van der Waals surface area (Å²) in [4.78, 5) is 1.48. The Morgan fingerprint density at radius 2 is 1.90 bits per heavy atom. The van der Waals surface area contributed by atoms with Crippen LogP contribution in [-0.2, 0) is 19.3 Å². The molecule has 3 rings (SSSR count). The van der Waals surface area contributed by atoms with Crippen LogP contribution in [0.3, 0.4) is 0 Å². The van der Waals surface area contributed by atoms with Gasteiger partial charge in [0.25, 0.3) is 0 Å². The Kier molecular flexibility index (Phi) is 5.15. The number of fused-ring (bicyclic) bond motifs is 1. The summed E-state index contributed by atoms with van der Waals surface area (Å²) in [5, 5.41) is 3.80. The third-order valence-electron chi connectivity index (χ3n) is 4.36. The molecular formula is C18H22BrNS. The van der Waals surface area contributed by atoms with E-state index in [1.807, 2.05) is 11.3 Å². The van der Waals surface area contributed by atoms with Crippen molar-refractivity contribution < 1.29 is 0 Å². The van der Waals surface area contributed by atoms with Crippen LogP contribution in [0.1, 0.15) is 29.3 Å². The van der Waals surface area contributed by atoms with Crippen molar-refractivity contribution in [3.8, 4) is 0 Å². The molecule has 0 bridgehead atoms. The van der Waals surface area contributed by atoms with Crippen molar-refractivity contribution in [1.29, 1.82) is 0 Å². The first-order valence-electron chi connectivity index (χ1n) is 7.80. The van der Waals surface area contributed by atoms with E-state index in [1.165, 1.54) is 27.9 Å². The molecular weight excluding hydrogens is 342 g/mol. The van der Waals surface area contributed by atoms with Gasteiger partial charge in [0.1, 0.15) is 0 Å². The monoisotopic (exact) mass is 363 g/mol. The van der Waals surface area contributed by atoms with E-state index < -0.39 is 0 Å². The lowest BCUT2D eigenvalue weighted by Crippen LogP contribution is -2.38. The second-order valence-electron chi connectivity index (χ2n) is 5.91. The van der Waals surface area contributed by atoms with E-state index in [0.717, 1.165) is 18.9 Å². The van der Waals surface area contributed by atoms with Crippen molar-refractivity contribution in [3.63, 3.8) is 0 Å². The molecule has 1 nitrogen and oxygen atoms in total. The molecule has 2 aromatic rings. The van der Waals surface area contributed by atoms with Gasteiger partial charge >= 0.3 is 0 Å². The number of hydrogen-bond acceptors (Lipinski definition) is 2. The summed E-state index contributed by atoms with van der Waals surface area (Å²) in [5.74, 6) is 0.731. The number of halogens is 1. The van der Waals surface area contributed by atoms with E-state index >= 15 is 0 Å². The lowest BCUT2D eigenvalue weighted by Gasteiger charge is -2.24. The van der Waals surface area contributed by atoms with Crippen molar-refractivity contribution in [1.82, 2.24) is 5.32 Å². The summed E-state index contributed by atoms with van der Waals surface area (Å²) in [5.41, 5.74) is 3.11. The molecule has 1 atom stereocenters.